The van der Waals surface area contributed by atoms with Crippen molar-refractivity contribution in [2.24, 2.45) is 0 Å². The second-order valence-electron chi connectivity index (χ2n) is 6.13. The van der Waals surface area contributed by atoms with Crippen molar-refractivity contribution < 1.29 is 27.9 Å². The molecule has 2 aromatic rings. The Bertz CT molecular complexity index is 1150. The molecule has 1 fully saturated rings. The molecular formula is C19H15ClN2O6S3. The molecule has 0 atom stereocenters. The van der Waals surface area contributed by atoms with E-state index < -0.39 is 21.9 Å². The van der Waals surface area contributed by atoms with Gasteiger partial charge >= 0.3 is 5.97 Å². The van der Waals surface area contributed by atoms with Crippen LogP contribution in [0, 0.1) is 0 Å². The third-order valence-corrected chi connectivity index (χ3v) is 6.76. The number of carboxylic acid groups (broad SMARTS) is 1. The molecule has 0 saturated carbocycles. The molecule has 0 aliphatic carbocycles. The van der Waals surface area contributed by atoms with Crippen LogP contribution in [-0.2, 0) is 19.6 Å². The van der Waals surface area contributed by atoms with Crippen molar-refractivity contribution in [2.75, 3.05) is 6.61 Å². The van der Waals surface area contributed by atoms with Crippen LogP contribution >= 0.6 is 35.6 Å². The van der Waals surface area contributed by atoms with E-state index >= 15 is 0 Å². The summed E-state index contributed by atoms with van der Waals surface area (Å²) in [6.45, 7) is 0.0428. The van der Waals surface area contributed by atoms with Crippen LogP contribution in [-0.4, -0.2) is 41.3 Å². The predicted octanol–water partition coefficient (Wildman–Crippen LogP) is 3.29. The average Bonchev–Trinajstić information content (AvgIpc) is 2.96. The fourth-order valence-electron chi connectivity index (χ4n) is 2.40. The number of halogens is 1. The summed E-state index contributed by atoms with van der Waals surface area (Å²) in [4.78, 5) is 25.6. The van der Waals surface area contributed by atoms with Crippen LogP contribution in [0.2, 0.25) is 5.02 Å². The van der Waals surface area contributed by atoms with Gasteiger partial charge in [-0.05, 0) is 48.0 Å². The topological polar surface area (TPSA) is 113 Å². The molecule has 0 unspecified atom stereocenters. The van der Waals surface area contributed by atoms with E-state index in [0.29, 0.717) is 16.3 Å². The van der Waals surface area contributed by atoms with Crippen LogP contribution in [0.4, 0.5) is 0 Å². The minimum absolute atomic E-state index is 0.0428. The number of hydrazine groups is 1. The first-order chi connectivity index (χ1) is 14.7. The van der Waals surface area contributed by atoms with Crippen molar-refractivity contribution in [3.05, 3.63) is 64.0 Å². The molecule has 1 saturated heterocycles. The van der Waals surface area contributed by atoms with Crippen LogP contribution in [0.1, 0.15) is 12.0 Å². The van der Waals surface area contributed by atoms with Gasteiger partial charge in [0, 0.05) is 5.02 Å². The van der Waals surface area contributed by atoms with E-state index in [-0.39, 0.29) is 27.1 Å². The summed E-state index contributed by atoms with van der Waals surface area (Å²) in [6.07, 6.45) is 1.45. The van der Waals surface area contributed by atoms with Gasteiger partial charge in [-0.25, -0.2) is 13.4 Å². The van der Waals surface area contributed by atoms with Gasteiger partial charge in [-0.3, -0.25) is 9.59 Å². The molecule has 8 nitrogen and oxygen atoms in total. The van der Waals surface area contributed by atoms with E-state index in [1.165, 1.54) is 24.3 Å². The monoisotopic (exact) mass is 498 g/mol. The second-order valence-corrected chi connectivity index (χ2v) is 9.90. The first kappa shape index (κ1) is 23.2. The molecule has 3 rings (SSSR count). The highest BCUT2D eigenvalue weighted by Crippen LogP contribution is 2.32. The Morgan fingerprint density at radius 2 is 1.84 bits per heavy atom. The Morgan fingerprint density at radius 3 is 2.45 bits per heavy atom. The molecule has 0 aromatic heterocycles. The number of hydrogen-bond donors (Lipinski definition) is 2. The molecular weight excluding hydrogens is 484 g/mol. The molecule has 2 aromatic carbocycles. The summed E-state index contributed by atoms with van der Waals surface area (Å²) in [5.74, 6) is -1.07. The molecule has 2 N–H and O–H groups in total. The average molecular weight is 499 g/mol. The maximum absolute atomic E-state index is 12.7. The van der Waals surface area contributed by atoms with Crippen molar-refractivity contribution in [1.82, 2.24) is 9.84 Å². The molecule has 31 heavy (non-hydrogen) atoms. The van der Waals surface area contributed by atoms with Crippen LogP contribution in [0.15, 0.2) is 58.3 Å². The summed E-state index contributed by atoms with van der Waals surface area (Å²) < 4.78 is 30.4. The number of rotatable bonds is 8. The Kier molecular flexibility index (Phi) is 7.34. The third-order valence-electron chi connectivity index (χ3n) is 3.89. The summed E-state index contributed by atoms with van der Waals surface area (Å²) in [5.41, 5.74) is 0.659. The Balaban J connectivity index is 1.70. The van der Waals surface area contributed by atoms with Crippen LogP contribution < -0.4 is 9.57 Å². The Morgan fingerprint density at radius 1 is 1.19 bits per heavy atom. The summed E-state index contributed by atoms with van der Waals surface area (Å²) in [6, 6.07) is 12.1. The first-order valence-electron chi connectivity index (χ1n) is 8.66. The lowest BCUT2D eigenvalue weighted by Crippen LogP contribution is -2.44. The summed E-state index contributed by atoms with van der Waals surface area (Å²) in [5, 5.41) is 9.81. The highest BCUT2D eigenvalue weighted by molar-refractivity contribution is 8.26. The lowest BCUT2D eigenvalue weighted by atomic mass is 10.2. The Hall–Kier alpha value is -2.44. The number of carbonyl (C=O) groups excluding carboxylic acids is 1. The van der Waals surface area contributed by atoms with Crippen molar-refractivity contribution in [3.8, 4) is 5.75 Å². The minimum Gasteiger partial charge on any atom is -0.493 e. The number of ether oxygens (including phenoxy) is 1. The van der Waals surface area contributed by atoms with E-state index in [2.05, 4.69) is 4.83 Å². The first-order valence-corrected chi connectivity index (χ1v) is 11.7. The molecule has 1 amide bonds. The number of thiocarbonyl (C=S) groups is 1. The maximum Gasteiger partial charge on any atom is 0.306 e. The number of carboxylic acids is 1. The second kappa shape index (κ2) is 9.79. The third kappa shape index (κ3) is 6.05. The number of carbonyl (C=O) groups is 2. The highest BCUT2D eigenvalue weighted by atomic mass is 35.5. The van der Waals surface area contributed by atoms with Gasteiger partial charge in [0.2, 0.25) is 0 Å². The summed E-state index contributed by atoms with van der Waals surface area (Å²) >= 11 is 11.9. The van der Waals surface area contributed by atoms with Gasteiger partial charge in [-0.15, -0.1) is 4.83 Å². The zero-order valence-electron chi connectivity index (χ0n) is 15.6. The smallest absolute Gasteiger partial charge is 0.306 e. The van der Waals surface area contributed by atoms with Crippen LogP contribution in [0.5, 0.6) is 5.75 Å². The number of hydrogen-bond acceptors (Lipinski definition) is 7. The number of nitrogens with one attached hydrogen (secondary N) is 1. The molecule has 1 heterocycles. The van der Waals surface area contributed by atoms with Crippen molar-refractivity contribution in [2.45, 2.75) is 11.3 Å². The van der Waals surface area contributed by atoms with Gasteiger partial charge < -0.3 is 9.84 Å². The number of nitrogens with zero attached hydrogens (tertiary/aromatic N) is 1. The van der Waals surface area contributed by atoms with E-state index in [1.54, 1.807) is 30.3 Å². The SMILES string of the molecule is O=C(O)CCOc1ccc(/C=C2/SC(=S)N(NS(=O)(=O)c3ccc(Cl)cc3)C2=O)cc1. The molecule has 0 radical (unpaired) electrons. The largest absolute Gasteiger partial charge is 0.493 e. The van der Waals surface area contributed by atoms with Gasteiger partial charge in [0.1, 0.15) is 5.75 Å². The fourth-order valence-corrected chi connectivity index (χ4v) is 4.84. The maximum atomic E-state index is 12.7. The van der Waals surface area contributed by atoms with Gasteiger partial charge in [-0.2, -0.15) is 0 Å². The quantitative estimate of drug-likeness (QED) is 0.421. The van der Waals surface area contributed by atoms with Gasteiger partial charge in [0.25, 0.3) is 15.9 Å². The van der Waals surface area contributed by atoms with E-state index in [9.17, 15) is 18.0 Å². The minimum atomic E-state index is -4.03. The number of amides is 1. The van der Waals surface area contributed by atoms with Crippen LogP contribution in [0.25, 0.3) is 6.08 Å². The zero-order valence-corrected chi connectivity index (χ0v) is 18.9. The molecule has 12 heteroatoms. The lowest BCUT2D eigenvalue weighted by molar-refractivity contribution is -0.137. The molecule has 0 bridgehead atoms. The number of sulfonamides is 1. The number of thioether (sulfide) groups is 1. The lowest BCUT2D eigenvalue weighted by Gasteiger charge is -2.15. The van der Waals surface area contributed by atoms with Crippen molar-refractivity contribution >= 4 is 67.9 Å². The van der Waals surface area contributed by atoms with Gasteiger partial charge in [0.15, 0.2) is 4.32 Å². The van der Waals surface area contributed by atoms with E-state index in [0.717, 1.165) is 16.8 Å². The summed E-state index contributed by atoms with van der Waals surface area (Å²) in [7, 11) is -4.03. The van der Waals surface area contributed by atoms with Gasteiger partial charge in [-0.1, -0.05) is 47.7 Å². The number of aliphatic carboxylic acids is 1. The normalized spacial score (nSPS) is 15.5. The highest BCUT2D eigenvalue weighted by Gasteiger charge is 2.35. The van der Waals surface area contributed by atoms with Gasteiger partial charge in [0.05, 0.1) is 22.8 Å². The number of benzene rings is 2. The van der Waals surface area contributed by atoms with E-state index in [4.69, 9.17) is 33.7 Å². The molecule has 1 aliphatic heterocycles. The molecule has 162 valence electrons. The zero-order chi connectivity index (χ0) is 22.6. The van der Waals surface area contributed by atoms with Crippen LogP contribution in [0.3, 0.4) is 0 Å². The standard InChI is InChI=1S/C19H15ClN2O6S3/c20-13-3-7-15(8-4-13)31(26,27)21-22-18(25)16(30-19(22)29)11-12-1-5-14(6-2-12)28-10-9-17(23)24/h1-8,11,21H,9-10H2,(H,23,24)/b16-11+. The van der Waals surface area contributed by atoms with Crippen molar-refractivity contribution in [1.29, 1.82) is 0 Å². The Labute approximate surface area is 192 Å². The fraction of sp³-hybridized carbons (Fsp3) is 0.105. The predicted molar refractivity (Wildman–Crippen MR) is 121 cm³/mol. The van der Waals surface area contributed by atoms with Crippen molar-refractivity contribution in [3.63, 3.8) is 0 Å². The molecule has 0 spiro atoms. The molecule has 1 aliphatic rings. The van der Waals surface area contributed by atoms with E-state index in [1.807, 2.05) is 0 Å².